The van der Waals surface area contributed by atoms with Crippen LogP contribution >= 0.6 is 0 Å². The largest absolute Gasteiger partial charge is 0.465 e. The van der Waals surface area contributed by atoms with E-state index in [1.807, 2.05) is 0 Å². The van der Waals surface area contributed by atoms with Crippen LogP contribution in [0.15, 0.2) is 48.9 Å². The Morgan fingerprint density at radius 1 is 1.03 bits per heavy atom. The van der Waals surface area contributed by atoms with Crippen molar-refractivity contribution in [2.45, 2.75) is 25.9 Å². The number of benzene rings is 1. The minimum atomic E-state index is -1.40. The summed E-state index contributed by atoms with van der Waals surface area (Å²) >= 11 is 0. The lowest BCUT2D eigenvalue weighted by Gasteiger charge is -2.27. The molecule has 0 saturated carbocycles. The van der Waals surface area contributed by atoms with Crippen LogP contribution in [0.2, 0.25) is 0 Å². The summed E-state index contributed by atoms with van der Waals surface area (Å²) in [7, 11) is 0. The van der Waals surface area contributed by atoms with Gasteiger partial charge in [0.25, 0.3) is 5.91 Å². The summed E-state index contributed by atoms with van der Waals surface area (Å²) in [5, 5.41) is 25.1. The number of primary amides is 1. The van der Waals surface area contributed by atoms with E-state index in [0.29, 0.717) is 17.1 Å². The summed E-state index contributed by atoms with van der Waals surface area (Å²) in [6, 6.07) is 3.31. The number of nitrogens with one attached hydrogen (secondary N) is 3. The van der Waals surface area contributed by atoms with Crippen LogP contribution in [0.5, 0.6) is 0 Å². The minimum Gasteiger partial charge on any atom is -0.465 e. The number of halogens is 3. The van der Waals surface area contributed by atoms with Crippen LogP contribution in [0, 0.1) is 24.4 Å². The fourth-order valence-electron chi connectivity index (χ4n) is 3.77. The zero-order valence-corrected chi connectivity index (χ0v) is 20.5. The molecule has 0 spiro atoms. The van der Waals surface area contributed by atoms with Crippen molar-refractivity contribution in [2.75, 3.05) is 10.6 Å². The standard InChI is InChI=1S/C24H22F3N9O3/c1-11-19(36-30-5-6-31-36)8-14(10-29-11)33-22-15(21(28)37)9-18(27)23(35-22)34-20(12(2)32-24(38)39)13-3-4-16(25)17(26)7-13/h3-10,12,20,32H,1-2H3,(H2,28,37)(H,38,39)(H2,33,34,35)/t12-,20+/m0/s1. The minimum absolute atomic E-state index is 0.101. The van der Waals surface area contributed by atoms with Crippen LogP contribution in [0.1, 0.15) is 34.6 Å². The number of pyridine rings is 2. The maximum absolute atomic E-state index is 15.1. The highest BCUT2D eigenvalue weighted by molar-refractivity contribution is 5.98. The maximum atomic E-state index is 15.1. The number of rotatable bonds is 9. The van der Waals surface area contributed by atoms with Crippen molar-refractivity contribution in [3.63, 3.8) is 0 Å². The van der Waals surface area contributed by atoms with Crippen LogP contribution in [-0.2, 0) is 0 Å². The third-order valence-electron chi connectivity index (χ3n) is 5.64. The van der Waals surface area contributed by atoms with Crippen molar-refractivity contribution in [3.05, 3.63) is 83.2 Å². The highest BCUT2D eigenvalue weighted by atomic mass is 19.2. The molecule has 39 heavy (non-hydrogen) atoms. The van der Waals surface area contributed by atoms with Crippen LogP contribution in [0.25, 0.3) is 5.69 Å². The number of aryl methyl sites for hydroxylation is 1. The first kappa shape index (κ1) is 26.8. The second kappa shape index (κ2) is 11.0. The summed E-state index contributed by atoms with van der Waals surface area (Å²) in [4.78, 5) is 33.1. The molecule has 3 heterocycles. The van der Waals surface area contributed by atoms with Gasteiger partial charge in [-0.25, -0.2) is 22.9 Å². The van der Waals surface area contributed by atoms with Gasteiger partial charge in [-0.15, -0.1) is 4.80 Å². The predicted octanol–water partition coefficient (Wildman–Crippen LogP) is 3.43. The lowest BCUT2D eigenvalue weighted by Crippen LogP contribution is -2.39. The smallest absolute Gasteiger partial charge is 0.404 e. The molecule has 0 fully saturated rings. The second-order valence-electron chi connectivity index (χ2n) is 8.38. The molecule has 0 aliphatic rings. The Balaban J connectivity index is 1.74. The van der Waals surface area contributed by atoms with Gasteiger partial charge in [0.05, 0.1) is 47.6 Å². The average Bonchev–Trinajstić information content (AvgIpc) is 3.41. The molecule has 3 aromatic heterocycles. The first-order valence-electron chi connectivity index (χ1n) is 11.3. The third-order valence-corrected chi connectivity index (χ3v) is 5.64. The number of nitrogens with two attached hydrogens (primary N) is 1. The molecule has 12 nitrogen and oxygen atoms in total. The third kappa shape index (κ3) is 6.03. The number of hydrogen-bond donors (Lipinski definition) is 5. The number of anilines is 3. The number of amides is 2. The van der Waals surface area contributed by atoms with Crippen LogP contribution in [0.3, 0.4) is 0 Å². The molecule has 0 saturated heterocycles. The van der Waals surface area contributed by atoms with E-state index in [4.69, 9.17) is 5.73 Å². The topological polar surface area (TPSA) is 173 Å². The monoisotopic (exact) mass is 541 g/mol. The zero-order chi connectivity index (χ0) is 28.3. The molecule has 0 aliphatic carbocycles. The first-order valence-corrected chi connectivity index (χ1v) is 11.3. The van der Waals surface area contributed by atoms with Crippen LogP contribution in [0.4, 0.5) is 35.3 Å². The van der Waals surface area contributed by atoms with Gasteiger partial charge in [0.1, 0.15) is 11.5 Å². The molecular formula is C24H22F3N9O3. The number of carboxylic acid groups (broad SMARTS) is 1. The SMILES string of the molecule is Cc1ncc(Nc2nc(N[C@@H](c3ccc(F)c(F)c3)[C@H](C)NC(=O)O)c(F)cc2C(N)=O)cc1-n1nccn1. The van der Waals surface area contributed by atoms with Gasteiger partial charge in [0, 0.05) is 0 Å². The van der Waals surface area contributed by atoms with Gasteiger partial charge in [0.2, 0.25) is 0 Å². The van der Waals surface area contributed by atoms with Gasteiger partial charge < -0.3 is 26.8 Å². The molecule has 2 atom stereocenters. The van der Waals surface area contributed by atoms with E-state index >= 15 is 4.39 Å². The predicted molar refractivity (Wildman–Crippen MR) is 133 cm³/mol. The van der Waals surface area contributed by atoms with Crippen molar-refractivity contribution in [1.29, 1.82) is 0 Å². The van der Waals surface area contributed by atoms with E-state index in [-0.39, 0.29) is 16.9 Å². The molecule has 0 bridgehead atoms. The summed E-state index contributed by atoms with van der Waals surface area (Å²) < 4.78 is 42.6. The number of carbonyl (C=O) groups is 2. The fourth-order valence-corrected chi connectivity index (χ4v) is 3.77. The van der Waals surface area contributed by atoms with E-state index in [0.717, 1.165) is 18.2 Å². The van der Waals surface area contributed by atoms with E-state index in [1.165, 1.54) is 36.4 Å². The van der Waals surface area contributed by atoms with Crippen LogP contribution < -0.4 is 21.7 Å². The van der Waals surface area contributed by atoms with Gasteiger partial charge in [0.15, 0.2) is 23.3 Å². The van der Waals surface area contributed by atoms with E-state index in [2.05, 4.69) is 36.1 Å². The number of hydrogen-bond acceptors (Lipinski definition) is 8. The number of aromatic nitrogens is 5. The maximum Gasteiger partial charge on any atom is 0.404 e. The van der Waals surface area contributed by atoms with E-state index in [1.54, 1.807) is 13.0 Å². The molecule has 4 rings (SSSR count). The average molecular weight is 541 g/mol. The Morgan fingerprint density at radius 2 is 1.74 bits per heavy atom. The van der Waals surface area contributed by atoms with Gasteiger partial charge in [-0.2, -0.15) is 10.2 Å². The summed E-state index contributed by atoms with van der Waals surface area (Å²) in [5.41, 5.74) is 6.69. The van der Waals surface area contributed by atoms with Crippen molar-refractivity contribution >= 4 is 29.3 Å². The Labute approximate surface area is 219 Å². The Morgan fingerprint density at radius 3 is 2.38 bits per heavy atom. The van der Waals surface area contributed by atoms with E-state index in [9.17, 15) is 23.5 Å². The molecule has 202 valence electrons. The van der Waals surface area contributed by atoms with Gasteiger partial charge in [-0.05, 0) is 43.7 Å². The van der Waals surface area contributed by atoms with E-state index < -0.39 is 47.4 Å². The highest BCUT2D eigenvalue weighted by Crippen LogP contribution is 2.29. The van der Waals surface area contributed by atoms with Gasteiger partial charge in [-0.1, -0.05) is 6.07 Å². The lowest BCUT2D eigenvalue weighted by molar-refractivity contribution is 0.1000. The van der Waals surface area contributed by atoms with Crippen molar-refractivity contribution in [3.8, 4) is 5.69 Å². The summed E-state index contributed by atoms with van der Waals surface area (Å²) in [6.45, 7) is 3.17. The second-order valence-corrected chi connectivity index (χ2v) is 8.38. The van der Waals surface area contributed by atoms with Gasteiger partial charge >= 0.3 is 6.09 Å². The Kier molecular flexibility index (Phi) is 7.60. The molecule has 1 aromatic carbocycles. The highest BCUT2D eigenvalue weighted by Gasteiger charge is 2.25. The normalized spacial score (nSPS) is 12.4. The first-order chi connectivity index (χ1) is 18.5. The fraction of sp³-hybridized carbons (Fsp3) is 0.167. The zero-order valence-electron chi connectivity index (χ0n) is 20.5. The Bertz CT molecular complexity index is 1530. The van der Waals surface area contributed by atoms with Crippen molar-refractivity contribution < 1.29 is 27.9 Å². The molecule has 2 amide bonds. The Hall–Kier alpha value is -5.21. The number of nitrogens with zero attached hydrogens (tertiary/aromatic N) is 5. The lowest BCUT2D eigenvalue weighted by atomic mass is 10.00. The molecule has 0 aliphatic heterocycles. The molecule has 0 unspecified atom stereocenters. The molecule has 6 N–H and O–H groups in total. The quantitative estimate of drug-likeness (QED) is 0.213. The molecule has 0 radical (unpaired) electrons. The van der Waals surface area contributed by atoms with Gasteiger partial charge in [-0.3, -0.25) is 9.78 Å². The number of carbonyl (C=O) groups excluding carboxylic acids is 1. The summed E-state index contributed by atoms with van der Waals surface area (Å²) in [6.07, 6.45) is 3.00. The van der Waals surface area contributed by atoms with Crippen molar-refractivity contribution in [1.82, 2.24) is 30.3 Å². The van der Waals surface area contributed by atoms with Crippen LogP contribution in [-0.4, -0.2) is 48.1 Å². The summed E-state index contributed by atoms with van der Waals surface area (Å²) in [5.74, 6) is -4.87. The molecule has 15 heteroatoms. The molecule has 4 aromatic rings. The molecular weight excluding hydrogens is 519 g/mol. The van der Waals surface area contributed by atoms with Crippen molar-refractivity contribution in [2.24, 2.45) is 5.73 Å².